The molecule has 158 valence electrons. The van der Waals surface area contributed by atoms with E-state index in [-0.39, 0.29) is 23.4 Å². The lowest BCUT2D eigenvalue weighted by molar-refractivity contribution is -0.258. The van der Waals surface area contributed by atoms with E-state index in [0.717, 1.165) is 49.4 Å². The first kappa shape index (κ1) is 22.4. The number of hydrogen-bond acceptors (Lipinski definition) is 2. The topological polar surface area (TPSA) is 32.3 Å². The summed E-state index contributed by atoms with van der Waals surface area (Å²) in [6.45, 7) is 1.71. The summed E-state index contributed by atoms with van der Waals surface area (Å²) in [5.41, 5.74) is 0.0867. The van der Waals surface area contributed by atoms with E-state index >= 15 is 0 Å². The minimum Gasteiger partial charge on any atom is -0.376 e. The predicted octanol–water partition coefficient (Wildman–Crippen LogP) is 5.32. The van der Waals surface area contributed by atoms with Crippen LogP contribution in [0, 0.1) is 0 Å². The molecule has 2 aliphatic rings. The monoisotopic (exact) mass is 445 g/mol. The van der Waals surface area contributed by atoms with Crippen molar-refractivity contribution in [3.05, 3.63) is 69.7 Å². The van der Waals surface area contributed by atoms with Crippen molar-refractivity contribution in [3.8, 4) is 0 Å². The van der Waals surface area contributed by atoms with Gasteiger partial charge in [0.15, 0.2) is 5.60 Å². The highest BCUT2D eigenvalue weighted by Gasteiger charge is 2.52. The zero-order valence-electron chi connectivity index (χ0n) is 16.0. The molecular formula is C22H24Cl2F3NO. The molecule has 29 heavy (non-hydrogen) atoms. The Morgan fingerprint density at radius 3 is 2.52 bits per heavy atom. The van der Waals surface area contributed by atoms with Crippen molar-refractivity contribution in [1.82, 2.24) is 5.32 Å². The lowest BCUT2D eigenvalue weighted by atomic mass is 9.63. The second kappa shape index (κ2) is 7.77. The van der Waals surface area contributed by atoms with Gasteiger partial charge < -0.3 is 10.4 Å². The summed E-state index contributed by atoms with van der Waals surface area (Å²) < 4.78 is 39.9. The van der Waals surface area contributed by atoms with Crippen molar-refractivity contribution in [3.63, 3.8) is 0 Å². The molecule has 4 rings (SSSR count). The van der Waals surface area contributed by atoms with E-state index in [1.807, 2.05) is 24.3 Å². The van der Waals surface area contributed by atoms with Crippen LogP contribution in [0.25, 0.3) is 0 Å². The van der Waals surface area contributed by atoms with Crippen LogP contribution in [0.1, 0.15) is 42.0 Å². The quantitative estimate of drug-likeness (QED) is 0.669. The third-order valence-electron chi connectivity index (χ3n) is 6.52. The molecule has 0 spiro atoms. The summed E-state index contributed by atoms with van der Waals surface area (Å²) >= 11 is 6.01. The van der Waals surface area contributed by atoms with Gasteiger partial charge in [0.05, 0.1) is 0 Å². The molecule has 2 aromatic rings. The van der Waals surface area contributed by atoms with Gasteiger partial charge in [0, 0.05) is 16.5 Å². The number of nitrogens with one attached hydrogen (secondary N) is 1. The molecule has 1 aliphatic carbocycles. The minimum atomic E-state index is -4.71. The zero-order chi connectivity index (χ0) is 20.2. The van der Waals surface area contributed by atoms with E-state index < -0.39 is 11.8 Å². The van der Waals surface area contributed by atoms with E-state index in [4.69, 9.17) is 11.6 Å². The summed E-state index contributed by atoms with van der Waals surface area (Å²) in [6.07, 6.45) is -1.39. The van der Waals surface area contributed by atoms with Gasteiger partial charge >= 0.3 is 6.18 Å². The van der Waals surface area contributed by atoms with Crippen LogP contribution < -0.4 is 5.32 Å². The molecule has 3 atom stereocenters. The number of benzene rings is 2. The Hall–Kier alpha value is -1.27. The first-order valence-corrected chi connectivity index (χ1v) is 9.92. The first-order chi connectivity index (χ1) is 13.1. The molecule has 0 amide bonds. The van der Waals surface area contributed by atoms with Crippen LogP contribution in [-0.2, 0) is 23.9 Å². The Morgan fingerprint density at radius 2 is 1.86 bits per heavy atom. The van der Waals surface area contributed by atoms with Gasteiger partial charge in [-0.15, -0.1) is 12.4 Å². The van der Waals surface area contributed by atoms with Gasteiger partial charge in [0.2, 0.25) is 0 Å². The second-order valence-electron chi connectivity index (χ2n) is 8.20. The van der Waals surface area contributed by atoms with Crippen LogP contribution >= 0.6 is 24.0 Å². The molecule has 0 saturated carbocycles. The van der Waals surface area contributed by atoms with Gasteiger partial charge in [-0.25, -0.2) is 0 Å². The van der Waals surface area contributed by atoms with Gasteiger partial charge in [0.1, 0.15) is 0 Å². The Balaban J connectivity index is 0.00000240. The molecule has 0 radical (unpaired) electrons. The maximum atomic E-state index is 13.3. The Labute approximate surface area is 179 Å². The molecule has 1 saturated heterocycles. The first-order valence-electron chi connectivity index (χ1n) is 9.54. The third kappa shape index (κ3) is 3.78. The lowest BCUT2D eigenvalue weighted by Gasteiger charge is -2.42. The molecule has 2 N–H and O–H groups in total. The molecule has 2 nitrogen and oxygen atoms in total. The largest absolute Gasteiger partial charge is 0.421 e. The molecule has 3 unspecified atom stereocenters. The number of aryl methyl sites for hydroxylation is 1. The minimum absolute atomic E-state index is 0. The molecular weight excluding hydrogens is 422 g/mol. The fourth-order valence-electron chi connectivity index (χ4n) is 4.87. The highest BCUT2D eigenvalue weighted by atomic mass is 35.5. The number of hydrogen-bond donors (Lipinski definition) is 2. The third-order valence-corrected chi connectivity index (χ3v) is 6.77. The molecule has 2 aromatic carbocycles. The van der Waals surface area contributed by atoms with Gasteiger partial charge in [-0.2, -0.15) is 13.2 Å². The predicted molar refractivity (Wildman–Crippen MR) is 111 cm³/mol. The van der Waals surface area contributed by atoms with Crippen molar-refractivity contribution in [1.29, 1.82) is 0 Å². The summed E-state index contributed by atoms with van der Waals surface area (Å²) in [6, 6.07) is 12.9. The van der Waals surface area contributed by atoms with E-state index in [2.05, 4.69) is 5.32 Å². The standard InChI is InChI=1S/C22H23ClF3NO.ClH/c1-20(28,22(24,25)26)16-5-8-18-15(12-16)4-9-19-21(18,10-11-27-19)13-14-2-6-17(23)7-3-14;/h2-3,5-8,12,19,27-28H,4,9-11,13H2,1H3;1H. The van der Waals surface area contributed by atoms with E-state index in [1.54, 1.807) is 12.1 Å². The van der Waals surface area contributed by atoms with E-state index in [1.165, 1.54) is 6.07 Å². The molecule has 1 heterocycles. The molecule has 0 aromatic heterocycles. The highest BCUT2D eigenvalue weighted by Crippen LogP contribution is 2.47. The normalized spacial score (nSPS) is 25.5. The highest BCUT2D eigenvalue weighted by molar-refractivity contribution is 6.30. The molecule has 1 aliphatic heterocycles. The van der Waals surface area contributed by atoms with Crippen LogP contribution in [0.2, 0.25) is 5.02 Å². The van der Waals surface area contributed by atoms with Crippen LogP contribution in [0.3, 0.4) is 0 Å². The summed E-state index contributed by atoms with van der Waals surface area (Å²) in [4.78, 5) is 0. The molecule has 0 bridgehead atoms. The Kier molecular flexibility index (Phi) is 6.00. The van der Waals surface area contributed by atoms with Crippen LogP contribution in [0.4, 0.5) is 13.2 Å². The summed E-state index contributed by atoms with van der Waals surface area (Å²) in [7, 11) is 0. The summed E-state index contributed by atoms with van der Waals surface area (Å²) in [5.74, 6) is 0. The SMILES string of the molecule is CC(O)(c1ccc2c(c1)CCC1NCCC21Cc1ccc(Cl)cc1)C(F)(F)F.Cl. The maximum absolute atomic E-state index is 13.3. The fourth-order valence-corrected chi connectivity index (χ4v) is 4.99. The van der Waals surface area contributed by atoms with Gasteiger partial charge in [-0.3, -0.25) is 0 Å². The van der Waals surface area contributed by atoms with Gasteiger partial charge in [-0.1, -0.05) is 41.9 Å². The molecule has 1 fully saturated rings. The fraction of sp³-hybridized carbons (Fsp3) is 0.455. The van der Waals surface area contributed by atoms with Crippen molar-refractivity contribution in [2.75, 3.05) is 6.54 Å². The van der Waals surface area contributed by atoms with E-state index in [0.29, 0.717) is 17.5 Å². The smallest absolute Gasteiger partial charge is 0.376 e. The second-order valence-corrected chi connectivity index (χ2v) is 8.63. The number of aliphatic hydroxyl groups is 1. The number of halogens is 5. The Bertz CT molecular complexity index is 883. The average molecular weight is 446 g/mol. The lowest BCUT2D eigenvalue weighted by Crippen LogP contribution is -2.46. The van der Waals surface area contributed by atoms with Crippen molar-refractivity contribution < 1.29 is 18.3 Å². The van der Waals surface area contributed by atoms with Crippen LogP contribution in [0.5, 0.6) is 0 Å². The van der Waals surface area contributed by atoms with Crippen LogP contribution in [0.15, 0.2) is 42.5 Å². The number of fused-ring (bicyclic) bond motifs is 3. The van der Waals surface area contributed by atoms with Crippen molar-refractivity contribution in [2.24, 2.45) is 0 Å². The molecule has 7 heteroatoms. The Morgan fingerprint density at radius 1 is 1.17 bits per heavy atom. The summed E-state index contributed by atoms with van der Waals surface area (Å²) in [5, 5.41) is 14.4. The van der Waals surface area contributed by atoms with E-state index in [9.17, 15) is 18.3 Å². The van der Waals surface area contributed by atoms with Crippen LogP contribution in [-0.4, -0.2) is 23.9 Å². The number of alkyl halides is 3. The van der Waals surface area contributed by atoms with Gasteiger partial charge in [0.25, 0.3) is 0 Å². The van der Waals surface area contributed by atoms with Gasteiger partial charge in [-0.05, 0) is 73.5 Å². The maximum Gasteiger partial charge on any atom is 0.421 e. The van der Waals surface area contributed by atoms with Crippen molar-refractivity contribution >= 4 is 24.0 Å². The van der Waals surface area contributed by atoms with Crippen molar-refractivity contribution in [2.45, 2.75) is 55.8 Å². The number of rotatable bonds is 3. The zero-order valence-corrected chi connectivity index (χ0v) is 17.6. The average Bonchev–Trinajstić information content (AvgIpc) is 3.06.